The van der Waals surface area contributed by atoms with Gasteiger partial charge in [-0.2, -0.15) is 0 Å². The topological polar surface area (TPSA) is 68.2 Å². The van der Waals surface area contributed by atoms with Gasteiger partial charge in [-0.25, -0.2) is 0 Å². The van der Waals surface area contributed by atoms with E-state index in [2.05, 4.69) is 69.3 Å². The lowest BCUT2D eigenvalue weighted by atomic mass is 9.88. The molecule has 2 N–H and O–H groups in total. The van der Waals surface area contributed by atoms with Crippen LogP contribution >= 0.6 is 0 Å². The van der Waals surface area contributed by atoms with E-state index in [0.29, 0.717) is 32.7 Å². The van der Waals surface area contributed by atoms with Crippen LogP contribution in [0.1, 0.15) is 36.5 Å². The van der Waals surface area contributed by atoms with Gasteiger partial charge in [0.25, 0.3) is 0 Å². The molecule has 0 unspecified atom stereocenters. The van der Waals surface area contributed by atoms with Crippen LogP contribution in [0.15, 0.2) is 72.8 Å². The van der Waals surface area contributed by atoms with Crippen molar-refractivity contribution in [3.8, 4) is 50.6 Å². The van der Waals surface area contributed by atoms with Crippen LogP contribution in [-0.2, 0) is 0 Å². The minimum Gasteiger partial charge on any atom is -0.494 e. The third-order valence-corrected chi connectivity index (χ3v) is 6.82. The lowest BCUT2D eigenvalue weighted by Crippen LogP contribution is -2.01. The van der Waals surface area contributed by atoms with Gasteiger partial charge in [-0.15, -0.1) is 0 Å². The third kappa shape index (κ3) is 7.04. The summed E-state index contributed by atoms with van der Waals surface area (Å²) in [5.74, 6) is 2.37. The van der Waals surface area contributed by atoms with Crippen molar-refractivity contribution in [2.45, 2.75) is 40.5 Å². The molecule has 0 spiro atoms. The summed E-state index contributed by atoms with van der Waals surface area (Å²) in [7, 11) is 0. The van der Waals surface area contributed by atoms with Gasteiger partial charge in [0.05, 0.1) is 19.8 Å². The smallest absolute Gasteiger partial charge is 0.134 e. The fourth-order valence-corrected chi connectivity index (χ4v) is 5.11. The molecule has 40 heavy (non-hydrogen) atoms. The molecule has 4 aromatic rings. The van der Waals surface area contributed by atoms with Gasteiger partial charge in [0.15, 0.2) is 0 Å². The number of aliphatic hydroxyl groups is 2. The van der Waals surface area contributed by atoms with Crippen molar-refractivity contribution in [2.24, 2.45) is 0 Å². The minimum atomic E-state index is 0.110. The van der Waals surface area contributed by atoms with Crippen LogP contribution in [0.4, 0.5) is 0 Å². The number of aryl methyl sites for hydroxylation is 3. The second kappa shape index (κ2) is 14.0. The van der Waals surface area contributed by atoms with Crippen molar-refractivity contribution in [3.05, 3.63) is 89.5 Å². The molecule has 5 heteroatoms. The molecule has 0 bridgehead atoms. The molecular formula is C35H40O5. The lowest BCUT2D eigenvalue weighted by molar-refractivity contribution is 0.233. The van der Waals surface area contributed by atoms with Crippen molar-refractivity contribution in [2.75, 3.05) is 33.0 Å². The van der Waals surface area contributed by atoms with Crippen LogP contribution in [0.5, 0.6) is 17.2 Å². The van der Waals surface area contributed by atoms with Crippen molar-refractivity contribution >= 4 is 0 Å². The summed E-state index contributed by atoms with van der Waals surface area (Å²) in [4.78, 5) is 0. The molecule has 0 radical (unpaired) electrons. The normalized spacial score (nSPS) is 10.9. The Balaban J connectivity index is 1.86. The van der Waals surface area contributed by atoms with E-state index < -0.39 is 0 Å². The fourth-order valence-electron chi connectivity index (χ4n) is 5.11. The first-order valence-electron chi connectivity index (χ1n) is 14.0. The molecule has 0 aromatic heterocycles. The molecule has 5 nitrogen and oxygen atoms in total. The molecule has 0 fully saturated rings. The number of rotatable bonds is 13. The Morgan fingerprint density at radius 3 is 1.43 bits per heavy atom. The average molecular weight is 541 g/mol. The Hall–Kier alpha value is -3.80. The highest BCUT2D eigenvalue weighted by Crippen LogP contribution is 2.44. The lowest BCUT2D eigenvalue weighted by Gasteiger charge is -2.20. The molecule has 4 aromatic carbocycles. The van der Waals surface area contributed by atoms with E-state index in [-0.39, 0.29) is 13.2 Å². The van der Waals surface area contributed by atoms with E-state index >= 15 is 0 Å². The summed E-state index contributed by atoms with van der Waals surface area (Å²) in [6.07, 6.45) is 1.20. The Kier molecular flexibility index (Phi) is 10.2. The Labute approximate surface area is 238 Å². The molecule has 0 amide bonds. The second-order valence-electron chi connectivity index (χ2n) is 10.0. The van der Waals surface area contributed by atoms with Crippen molar-refractivity contribution < 1.29 is 24.4 Å². The van der Waals surface area contributed by atoms with E-state index in [0.717, 1.165) is 45.1 Å². The van der Waals surface area contributed by atoms with E-state index in [1.165, 1.54) is 22.3 Å². The van der Waals surface area contributed by atoms with Gasteiger partial charge in [0.1, 0.15) is 17.2 Å². The minimum absolute atomic E-state index is 0.110. The van der Waals surface area contributed by atoms with Gasteiger partial charge < -0.3 is 24.4 Å². The predicted octanol–water partition coefficient (Wildman–Crippen LogP) is 7.53. The SMILES string of the molecule is CCOc1c(-c2ccc(OCCCO)cc2)cc(-c2c(C)cc(C)cc2C)cc1-c1ccc(OCCCO)cc1. The number of benzene rings is 4. The Bertz CT molecular complexity index is 1290. The monoisotopic (exact) mass is 540 g/mol. The van der Waals surface area contributed by atoms with Crippen molar-refractivity contribution in [3.63, 3.8) is 0 Å². The fraction of sp³-hybridized carbons (Fsp3) is 0.314. The molecule has 0 atom stereocenters. The van der Waals surface area contributed by atoms with E-state index in [9.17, 15) is 0 Å². The molecule has 210 valence electrons. The van der Waals surface area contributed by atoms with E-state index in [1.807, 2.05) is 31.2 Å². The van der Waals surface area contributed by atoms with Crippen molar-refractivity contribution in [1.29, 1.82) is 0 Å². The number of ether oxygens (including phenoxy) is 3. The largest absolute Gasteiger partial charge is 0.494 e. The Morgan fingerprint density at radius 1 is 0.575 bits per heavy atom. The zero-order valence-electron chi connectivity index (χ0n) is 24.0. The van der Waals surface area contributed by atoms with Gasteiger partial charge in [0, 0.05) is 37.2 Å². The van der Waals surface area contributed by atoms with Crippen LogP contribution in [0.2, 0.25) is 0 Å². The van der Waals surface area contributed by atoms with Gasteiger partial charge in [-0.1, -0.05) is 42.0 Å². The quantitative estimate of drug-likeness (QED) is 0.172. The number of hydrogen-bond donors (Lipinski definition) is 2. The predicted molar refractivity (Wildman–Crippen MR) is 163 cm³/mol. The highest BCUT2D eigenvalue weighted by Gasteiger charge is 2.19. The highest BCUT2D eigenvalue weighted by atomic mass is 16.5. The van der Waals surface area contributed by atoms with Crippen LogP contribution < -0.4 is 14.2 Å². The highest BCUT2D eigenvalue weighted by molar-refractivity contribution is 5.89. The molecule has 4 rings (SSSR count). The molecule has 0 aliphatic carbocycles. The van der Waals surface area contributed by atoms with Crippen LogP contribution in [0.25, 0.3) is 33.4 Å². The standard InChI is InChI=1S/C35H40O5/c1-5-38-35-32(27-8-12-30(13-9-27)39-18-6-16-36)22-29(34-25(3)20-24(2)21-26(34)4)23-33(35)28-10-14-31(15-11-28)40-19-7-17-37/h8-15,20-23,36-37H,5-7,16-19H2,1-4H3. The number of aliphatic hydroxyl groups excluding tert-OH is 2. The third-order valence-electron chi connectivity index (χ3n) is 6.82. The number of hydrogen-bond acceptors (Lipinski definition) is 5. The molecule has 0 saturated heterocycles. The summed E-state index contributed by atoms with van der Waals surface area (Å²) >= 11 is 0. The maximum absolute atomic E-state index is 9.07. The molecule has 0 saturated carbocycles. The molecule has 0 aliphatic heterocycles. The first-order chi connectivity index (χ1) is 19.4. The van der Waals surface area contributed by atoms with Crippen LogP contribution in [0.3, 0.4) is 0 Å². The molecule has 0 aliphatic rings. The van der Waals surface area contributed by atoms with E-state index in [4.69, 9.17) is 24.4 Å². The first kappa shape index (κ1) is 29.2. The zero-order chi connectivity index (χ0) is 28.5. The summed E-state index contributed by atoms with van der Waals surface area (Å²) in [6, 6.07) is 25.0. The summed E-state index contributed by atoms with van der Waals surface area (Å²) in [6.45, 7) is 10.2. The average Bonchev–Trinajstić information content (AvgIpc) is 2.94. The van der Waals surface area contributed by atoms with Gasteiger partial charge >= 0.3 is 0 Å². The second-order valence-corrected chi connectivity index (χ2v) is 10.0. The van der Waals surface area contributed by atoms with Crippen LogP contribution in [0, 0.1) is 20.8 Å². The van der Waals surface area contributed by atoms with Crippen LogP contribution in [-0.4, -0.2) is 43.2 Å². The van der Waals surface area contributed by atoms with Gasteiger partial charge in [-0.3, -0.25) is 0 Å². The van der Waals surface area contributed by atoms with Gasteiger partial charge in [-0.05, 0) is 97.5 Å². The maximum Gasteiger partial charge on any atom is 0.134 e. The van der Waals surface area contributed by atoms with Gasteiger partial charge in [0.2, 0.25) is 0 Å². The summed E-state index contributed by atoms with van der Waals surface area (Å²) < 4.78 is 17.9. The van der Waals surface area contributed by atoms with Crippen molar-refractivity contribution in [1.82, 2.24) is 0 Å². The maximum atomic E-state index is 9.07. The first-order valence-corrected chi connectivity index (χ1v) is 14.0. The zero-order valence-corrected chi connectivity index (χ0v) is 24.0. The summed E-state index contributed by atoms with van der Waals surface area (Å²) in [5, 5.41) is 18.1. The molecular weight excluding hydrogens is 500 g/mol. The molecule has 0 heterocycles. The Morgan fingerprint density at radius 2 is 1.02 bits per heavy atom. The van der Waals surface area contributed by atoms with E-state index in [1.54, 1.807) is 0 Å². The summed E-state index contributed by atoms with van der Waals surface area (Å²) in [5.41, 5.74) is 10.2.